The Morgan fingerprint density at radius 3 is 2.47 bits per heavy atom. The van der Waals surface area contributed by atoms with E-state index < -0.39 is 10.1 Å². The van der Waals surface area contributed by atoms with Gasteiger partial charge in [0.15, 0.2) is 0 Å². The summed E-state index contributed by atoms with van der Waals surface area (Å²) in [4.78, 5) is 18.5. The van der Waals surface area contributed by atoms with Gasteiger partial charge in [0, 0.05) is 40.8 Å². The van der Waals surface area contributed by atoms with E-state index in [0.717, 1.165) is 36.2 Å². The summed E-state index contributed by atoms with van der Waals surface area (Å²) in [7, 11) is -4.34. The largest absolute Gasteiger partial charge is 0.378 e. The van der Waals surface area contributed by atoms with Crippen LogP contribution in [-0.4, -0.2) is 37.3 Å². The Hall–Kier alpha value is -3.04. The van der Waals surface area contributed by atoms with E-state index in [9.17, 15) is 13.2 Å². The zero-order valence-electron chi connectivity index (χ0n) is 20.4. The second-order valence-electron chi connectivity index (χ2n) is 9.68. The van der Waals surface area contributed by atoms with Crippen molar-refractivity contribution in [1.29, 1.82) is 0 Å². The number of nitrogens with zero attached hydrogens (tertiary/aromatic N) is 1. The molecule has 2 N–H and O–H groups in total. The third kappa shape index (κ3) is 4.66. The third-order valence-corrected chi connectivity index (χ3v) is 9.31. The summed E-state index contributed by atoms with van der Waals surface area (Å²) in [6, 6.07) is 16.1. The summed E-state index contributed by atoms with van der Waals surface area (Å²) in [5.74, 6) is -0.240. The molecule has 1 saturated heterocycles. The van der Waals surface area contributed by atoms with Crippen LogP contribution in [0.5, 0.6) is 5.75 Å². The minimum atomic E-state index is -4.34. The maximum atomic E-state index is 13.1. The smallest absolute Gasteiger partial charge is 0.342 e. The molecule has 4 aromatic rings. The van der Waals surface area contributed by atoms with Gasteiger partial charge in [-0.2, -0.15) is 8.42 Å². The van der Waals surface area contributed by atoms with Gasteiger partial charge < -0.3 is 14.5 Å². The highest BCUT2D eigenvalue weighted by molar-refractivity contribution is 7.87. The van der Waals surface area contributed by atoms with Gasteiger partial charge in [-0.3, -0.25) is 9.69 Å². The topological polar surface area (TPSA) is 91.5 Å². The average Bonchev–Trinajstić information content (AvgIpc) is 3.48. The molecule has 3 heterocycles. The fraction of sp³-hybridized carbons (Fsp3) is 0.250. The molecule has 0 spiro atoms. The number of fused-ring (bicyclic) bond motifs is 2. The normalized spacial score (nSPS) is 16.0. The predicted molar refractivity (Wildman–Crippen MR) is 148 cm³/mol. The number of nitrogens with one attached hydrogen (secondary N) is 2. The van der Waals surface area contributed by atoms with Gasteiger partial charge in [0.2, 0.25) is 0 Å². The van der Waals surface area contributed by atoms with E-state index in [4.69, 9.17) is 27.4 Å². The summed E-state index contributed by atoms with van der Waals surface area (Å²) in [5.41, 5.74) is 4.49. The first-order valence-electron chi connectivity index (χ1n) is 12.5. The van der Waals surface area contributed by atoms with Gasteiger partial charge in [-0.15, -0.1) is 0 Å². The number of benzene rings is 3. The molecule has 38 heavy (non-hydrogen) atoms. The van der Waals surface area contributed by atoms with Crippen LogP contribution in [0.25, 0.3) is 22.2 Å². The average molecular weight is 570 g/mol. The van der Waals surface area contributed by atoms with Crippen molar-refractivity contribution in [3.63, 3.8) is 0 Å². The Morgan fingerprint density at radius 1 is 0.947 bits per heavy atom. The van der Waals surface area contributed by atoms with Crippen LogP contribution in [0.15, 0.2) is 59.5 Å². The third-order valence-electron chi connectivity index (χ3n) is 7.12. The molecule has 3 aromatic carbocycles. The maximum absolute atomic E-state index is 13.1. The van der Waals surface area contributed by atoms with Crippen LogP contribution in [-0.2, 0) is 23.2 Å². The molecular weight excluding hydrogens is 545 g/mol. The van der Waals surface area contributed by atoms with Crippen molar-refractivity contribution >= 4 is 50.1 Å². The highest BCUT2D eigenvalue weighted by atomic mass is 35.5. The van der Waals surface area contributed by atoms with E-state index in [2.05, 4.69) is 33.4 Å². The zero-order valence-corrected chi connectivity index (χ0v) is 22.7. The summed E-state index contributed by atoms with van der Waals surface area (Å²) in [5, 5.41) is 3.75. The number of halogens is 2. The number of aromatic amines is 1. The molecule has 0 saturated carbocycles. The molecule has 10 heteroatoms. The first-order chi connectivity index (χ1) is 18.3. The van der Waals surface area contributed by atoms with Crippen molar-refractivity contribution in [3.8, 4) is 17.0 Å². The maximum Gasteiger partial charge on any atom is 0.342 e. The Kier molecular flexibility index (Phi) is 6.60. The SMILES string of the molecule is O=C1NCc2c(OS(=O)(=O)c3c(Cl)cccc3Cl)ccc(-c3cc4cc(CN5CCCCC5)ccc4[nH]3)c21. The fourth-order valence-electron chi connectivity index (χ4n) is 5.31. The molecular formula is C28H25Cl2N3O4S. The highest BCUT2D eigenvalue weighted by Gasteiger charge is 2.31. The number of hydrogen-bond donors (Lipinski definition) is 2. The lowest BCUT2D eigenvalue weighted by Gasteiger charge is -2.26. The molecule has 1 aromatic heterocycles. The summed E-state index contributed by atoms with van der Waals surface area (Å²) >= 11 is 12.2. The van der Waals surface area contributed by atoms with E-state index in [1.807, 2.05) is 6.07 Å². The molecule has 196 valence electrons. The van der Waals surface area contributed by atoms with Crippen molar-refractivity contribution in [2.75, 3.05) is 13.1 Å². The first-order valence-corrected chi connectivity index (χ1v) is 14.6. The van der Waals surface area contributed by atoms with Crippen molar-refractivity contribution in [3.05, 3.63) is 81.3 Å². The van der Waals surface area contributed by atoms with E-state index in [-0.39, 0.29) is 33.1 Å². The lowest BCUT2D eigenvalue weighted by Crippen LogP contribution is -2.28. The van der Waals surface area contributed by atoms with Crippen LogP contribution in [0.3, 0.4) is 0 Å². The molecule has 1 fully saturated rings. The molecule has 0 atom stereocenters. The minimum absolute atomic E-state index is 0.0438. The number of hydrogen-bond acceptors (Lipinski definition) is 5. The van der Waals surface area contributed by atoms with Crippen LogP contribution in [0, 0.1) is 0 Å². The number of carbonyl (C=O) groups excluding carboxylic acids is 1. The second-order valence-corrected chi connectivity index (χ2v) is 12.0. The fourth-order valence-corrected chi connectivity index (χ4v) is 7.36. The first kappa shape index (κ1) is 25.2. The van der Waals surface area contributed by atoms with E-state index >= 15 is 0 Å². The second kappa shape index (κ2) is 9.93. The molecule has 0 aliphatic carbocycles. The van der Waals surface area contributed by atoms with Gasteiger partial charge in [-0.25, -0.2) is 0 Å². The van der Waals surface area contributed by atoms with Crippen molar-refractivity contribution in [2.24, 2.45) is 0 Å². The molecule has 6 rings (SSSR count). The summed E-state index contributed by atoms with van der Waals surface area (Å²) in [6.07, 6.45) is 3.80. The Labute approximate surface area is 230 Å². The van der Waals surface area contributed by atoms with Crippen molar-refractivity contribution in [1.82, 2.24) is 15.2 Å². The number of aromatic nitrogens is 1. The molecule has 2 aliphatic rings. The number of piperidine rings is 1. The van der Waals surface area contributed by atoms with E-state index in [1.165, 1.54) is 37.0 Å². The number of H-pyrrole nitrogens is 1. The number of rotatable bonds is 6. The van der Waals surface area contributed by atoms with Crippen LogP contribution in [0.2, 0.25) is 10.0 Å². The van der Waals surface area contributed by atoms with Crippen LogP contribution < -0.4 is 9.50 Å². The van der Waals surface area contributed by atoms with Crippen LogP contribution in [0.4, 0.5) is 0 Å². The van der Waals surface area contributed by atoms with Gasteiger partial charge >= 0.3 is 10.1 Å². The number of carbonyl (C=O) groups is 1. The monoisotopic (exact) mass is 569 g/mol. The van der Waals surface area contributed by atoms with Crippen LogP contribution >= 0.6 is 23.2 Å². The Bertz CT molecular complexity index is 1660. The van der Waals surface area contributed by atoms with Gasteiger partial charge in [0.1, 0.15) is 10.6 Å². The van der Waals surface area contributed by atoms with Gasteiger partial charge in [0.05, 0.1) is 15.6 Å². The summed E-state index contributed by atoms with van der Waals surface area (Å²) in [6.45, 7) is 3.32. The van der Waals surface area contributed by atoms with Crippen molar-refractivity contribution < 1.29 is 17.4 Å². The van der Waals surface area contributed by atoms with Gasteiger partial charge in [-0.1, -0.05) is 41.8 Å². The highest BCUT2D eigenvalue weighted by Crippen LogP contribution is 2.38. The van der Waals surface area contributed by atoms with Gasteiger partial charge in [-0.05, 0) is 74.0 Å². The summed E-state index contributed by atoms with van der Waals surface area (Å²) < 4.78 is 31.6. The molecule has 7 nitrogen and oxygen atoms in total. The van der Waals surface area contributed by atoms with E-state index in [1.54, 1.807) is 18.2 Å². The molecule has 0 bridgehead atoms. The lowest BCUT2D eigenvalue weighted by molar-refractivity contribution is 0.0966. The standard InChI is InChI=1S/C28H25Cl2N3O4S/c29-21-5-4-6-22(30)27(21)38(35,36)37-25-10-8-19(26-20(25)15-31-28(26)34)24-14-18-13-17(7-9-23(18)32-24)16-33-11-2-1-3-12-33/h4-10,13-14,32H,1-3,11-12,15-16H2,(H,31,34). The molecule has 2 aliphatic heterocycles. The number of amides is 1. The molecule has 0 unspecified atom stereocenters. The zero-order chi connectivity index (χ0) is 26.4. The Morgan fingerprint density at radius 2 is 1.71 bits per heavy atom. The van der Waals surface area contributed by atoms with E-state index in [0.29, 0.717) is 16.7 Å². The minimum Gasteiger partial charge on any atom is -0.378 e. The van der Waals surface area contributed by atoms with Crippen molar-refractivity contribution in [2.45, 2.75) is 37.2 Å². The van der Waals surface area contributed by atoms with Crippen LogP contribution in [0.1, 0.15) is 40.7 Å². The Balaban J connectivity index is 1.34. The molecule has 0 radical (unpaired) electrons. The lowest BCUT2D eigenvalue weighted by atomic mass is 9.99. The predicted octanol–water partition coefficient (Wildman–Crippen LogP) is 6.14. The van der Waals surface area contributed by atoms with Gasteiger partial charge in [0.25, 0.3) is 5.91 Å². The molecule has 1 amide bonds. The quantitative estimate of drug-likeness (QED) is 0.272. The number of likely N-dealkylation sites (tertiary alicyclic amines) is 1.